The number of aliphatic carboxylic acids is 1. The predicted molar refractivity (Wildman–Crippen MR) is 70.0 cm³/mol. The van der Waals surface area contributed by atoms with Crippen LogP contribution < -0.4 is 5.73 Å². The molecule has 3 amide bonds. The number of nitrogens with two attached hydrogens (primary N) is 1. The highest BCUT2D eigenvalue weighted by atomic mass is 16.5. The molecule has 0 aromatic rings. The summed E-state index contributed by atoms with van der Waals surface area (Å²) in [6.07, 6.45) is 0.567. The fourth-order valence-electron chi connectivity index (χ4n) is 2.14. The van der Waals surface area contributed by atoms with Crippen molar-refractivity contribution < 1.29 is 24.2 Å². The molecule has 20 heavy (non-hydrogen) atoms. The maximum atomic E-state index is 12.4. The Morgan fingerprint density at radius 3 is 2.55 bits per heavy atom. The molecule has 8 heteroatoms. The number of amides is 3. The molecule has 0 aromatic carbocycles. The first-order valence-electron chi connectivity index (χ1n) is 6.52. The van der Waals surface area contributed by atoms with Crippen LogP contribution in [0.2, 0.25) is 0 Å². The lowest BCUT2D eigenvalue weighted by Gasteiger charge is -2.40. The summed E-state index contributed by atoms with van der Waals surface area (Å²) < 4.78 is 5.48. The van der Waals surface area contributed by atoms with Gasteiger partial charge in [0.15, 0.2) is 0 Å². The molecule has 1 heterocycles. The van der Waals surface area contributed by atoms with Gasteiger partial charge in [0.25, 0.3) is 0 Å². The van der Waals surface area contributed by atoms with Crippen LogP contribution in [0.5, 0.6) is 0 Å². The quantitative estimate of drug-likeness (QED) is 0.706. The van der Waals surface area contributed by atoms with Gasteiger partial charge in [-0.2, -0.15) is 0 Å². The summed E-state index contributed by atoms with van der Waals surface area (Å²) in [4.78, 5) is 36.7. The first kappa shape index (κ1) is 16.2. The summed E-state index contributed by atoms with van der Waals surface area (Å²) in [6.45, 7) is 3.56. The lowest BCUT2D eigenvalue weighted by Crippen LogP contribution is -2.57. The van der Waals surface area contributed by atoms with Gasteiger partial charge in [-0.3, -0.25) is 9.59 Å². The highest BCUT2D eigenvalue weighted by Gasteiger charge is 2.33. The van der Waals surface area contributed by atoms with Crippen LogP contribution in [0.4, 0.5) is 4.79 Å². The number of carbonyl (C=O) groups is 3. The lowest BCUT2D eigenvalue weighted by atomic mass is 10.1. The zero-order valence-electron chi connectivity index (χ0n) is 11.7. The number of carboxylic acids is 1. The van der Waals surface area contributed by atoms with Crippen LogP contribution in [0.1, 0.15) is 20.3 Å². The Bertz CT molecular complexity index is 371. The Morgan fingerprint density at radius 1 is 1.40 bits per heavy atom. The Kier molecular flexibility index (Phi) is 5.75. The van der Waals surface area contributed by atoms with Crippen LogP contribution >= 0.6 is 0 Å². The minimum absolute atomic E-state index is 0.122. The van der Waals surface area contributed by atoms with Gasteiger partial charge in [-0.05, 0) is 13.3 Å². The Hall–Kier alpha value is -1.83. The molecule has 0 aliphatic carbocycles. The number of nitrogens with zero attached hydrogens (tertiary/aromatic N) is 2. The molecule has 1 saturated heterocycles. The summed E-state index contributed by atoms with van der Waals surface area (Å²) in [5, 5.41) is 8.83. The molecule has 1 aliphatic heterocycles. The summed E-state index contributed by atoms with van der Waals surface area (Å²) >= 11 is 0. The van der Waals surface area contributed by atoms with Crippen molar-refractivity contribution in [2.75, 3.05) is 26.2 Å². The molecule has 0 spiro atoms. The topological polar surface area (TPSA) is 113 Å². The van der Waals surface area contributed by atoms with E-state index in [0.717, 1.165) is 4.90 Å². The zero-order valence-corrected chi connectivity index (χ0v) is 11.7. The van der Waals surface area contributed by atoms with E-state index in [-0.39, 0.29) is 12.1 Å². The fourth-order valence-corrected chi connectivity index (χ4v) is 2.14. The SMILES string of the molecule is CCC1COC(C)CN1C(=O)N(CC(N)=O)CC(=O)O. The van der Waals surface area contributed by atoms with Gasteiger partial charge in [0, 0.05) is 6.54 Å². The predicted octanol–water partition coefficient (Wildman–Crippen LogP) is -0.522. The van der Waals surface area contributed by atoms with Crippen molar-refractivity contribution in [3.05, 3.63) is 0 Å². The van der Waals surface area contributed by atoms with E-state index in [2.05, 4.69) is 0 Å². The minimum atomic E-state index is -1.19. The van der Waals surface area contributed by atoms with E-state index in [1.54, 1.807) is 4.90 Å². The van der Waals surface area contributed by atoms with Gasteiger partial charge in [-0.15, -0.1) is 0 Å². The van der Waals surface area contributed by atoms with Gasteiger partial charge in [-0.25, -0.2) is 4.79 Å². The third-order valence-electron chi connectivity index (χ3n) is 3.13. The second-order valence-corrected chi connectivity index (χ2v) is 4.86. The molecule has 1 rings (SSSR count). The molecule has 3 N–H and O–H groups in total. The van der Waals surface area contributed by atoms with Crippen LogP contribution in [-0.4, -0.2) is 71.2 Å². The molecule has 0 aromatic heterocycles. The molecule has 1 aliphatic rings. The lowest BCUT2D eigenvalue weighted by molar-refractivity contribution is -0.138. The number of hydrogen-bond acceptors (Lipinski definition) is 4. The van der Waals surface area contributed by atoms with Gasteiger partial charge >= 0.3 is 12.0 Å². The Labute approximate surface area is 117 Å². The molecule has 0 bridgehead atoms. The number of carbonyl (C=O) groups excluding carboxylic acids is 2. The van der Waals surface area contributed by atoms with Crippen molar-refractivity contribution in [3.8, 4) is 0 Å². The largest absolute Gasteiger partial charge is 0.480 e. The summed E-state index contributed by atoms with van der Waals surface area (Å²) in [7, 11) is 0. The molecule has 2 atom stereocenters. The van der Waals surface area contributed by atoms with Crippen LogP contribution in [0, 0.1) is 0 Å². The van der Waals surface area contributed by atoms with E-state index in [1.165, 1.54) is 0 Å². The standard InChI is InChI=1S/C12H21N3O5/c1-3-9-7-20-8(2)4-15(9)12(19)14(5-10(13)16)6-11(17)18/h8-9H,3-7H2,1-2H3,(H2,13,16)(H,17,18). The monoisotopic (exact) mass is 287 g/mol. The van der Waals surface area contributed by atoms with E-state index >= 15 is 0 Å². The maximum absolute atomic E-state index is 12.4. The maximum Gasteiger partial charge on any atom is 0.323 e. The molecule has 0 radical (unpaired) electrons. The molecule has 2 unspecified atom stereocenters. The van der Waals surface area contributed by atoms with Gasteiger partial charge in [0.2, 0.25) is 5.91 Å². The summed E-state index contributed by atoms with van der Waals surface area (Å²) in [5.74, 6) is -1.93. The fraction of sp³-hybridized carbons (Fsp3) is 0.750. The number of morpholine rings is 1. The van der Waals surface area contributed by atoms with Gasteiger partial charge < -0.3 is 25.4 Å². The number of carboxylic acid groups (broad SMARTS) is 1. The third-order valence-corrected chi connectivity index (χ3v) is 3.13. The van der Waals surface area contributed by atoms with E-state index in [1.807, 2.05) is 13.8 Å². The second kappa shape index (κ2) is 7.09. The molecule has 114 valence electrons. The van der Waals surface area contributed by atoms with Gasteiger partial charge in [-0.1, -0.05) is 6.92 Å². The van der Waals surface area contributed by atoms with Gasteiger partial charge in [0.05, 0.1) is 18.8 Å². The average Bonchev–Trinajstić information content (AvgIpc) is 2.36. The smallest absolute Gasteiger partial charge is 0.323 e. The average molecular weight is 287 g/mol. The third kappa shape index (κ3) is 4.37. The van der Waals surface area contributed by atoms with E-state index in [0.29, 0.717) is 19.6 Å². The number of rotatable bonds is 5. The number of primary amides is 1. The van der Waals surface area contributed by atoms with E-state index in [4.69, 9.17) is 15.6 Å². The molecule has 0 saturated carbocycles. The van der Waals surface area contributed by atoms with Crippen molar-refractivity contribution >= 4 is 17.9 Å². The van der Waals surface area contributed by atoms with Crippen LogP contribution in [0.3, 0.4) is 0 Å². The number of ether oxygens (including phenoxy) is 1. The van der Waals surface area contributed by atoms with Crippen LogP contribution in [0.15, 0.2) is 0 Å². The number of hydrogen-bond donors (Lipinski definition) is 2. The molecular weight excluding hydrogens is 266 g/mol. The second-order valence-electron chi connectivity index (χ2n) is 4.86. The van der Waals surface area contributed by atoms with Crippen molar-refractivity contribution in [3.63, 3.8) is 0 Å². The van der Waals surface area contributed by atoms with Crippen molar-refractivity contribution in [2.24, 2.45) is 5.73 Å². The Morgan fingerprint density at radius 2 is 2.05 bits per heavy atom. The normalized spacial score (nSPS) is 22.4. The summed E-state index contributed by atoms with van der Waals surface area (Å²) in [5.41, 5.74) is 5.06. The highest BCUT2D eigenvalue weighted by molar-refractivity contribution is 5.86. The van der Waals surface area contributed by atoms with Crippen LogP contribution in [0.25, 0.3) is 0 Å². The highest BCUT2D eigenvalue weighted by Crippen LogP contribution is 2.16. The minimum Gasteiger partial charge on any atom is -0.480 e. The van der Waals surface area contributed by atoms with Gasteiger partial charge in [0.1, 0.15) is 13.1 Å². The van der Waals surface area contributed by atoms with Crippen LogP contribution in [-0.2, 0) is 14.3 Å². The van der Waals surface area contributed by atoms with E-state index < -0.39 is 31.0 Å². The zero-order chi connectivity index (χ0) is 15.3. The van der Waals surface area contributed by atoms with E-state index in [9.17, 15) is 14.4 Å². The van der Waals surface area contributed by atoms with Crippen molar-refractivity contribution in [2.45, 2.75) is 32.4 Å². The molecule has 8 nitrogen and oxygen atoms in total. The van der Waals surface area contributed by atoms with Crippen molar-refractivity contribution in [1.29, 1.82) is 0 Å². The first-order valence-corrected chi connectivity index (χ1v) is 6.52. The first-order chi connectivity index (χ1) is 9.35. The molecular formula is C12H21N3O5. The number of urea groups is 1. The summed E-state index contributed by atoms with van der Waals surface area (Å²) in [6, 6.07) is -0.615. The Balaban J connectivity index is 2.84. The van der Waals surface area contributed by atoms with Crippen molar-refractivity contribution in [1.82, 2.24) is 9.80 Å². The molecule has 1 fully saturated rings.